The molecule has 1 saturated heterocycles. The van der Waals surface area contributed by atoms with Crippen molar-refractivity contribution in [3.63, 3.8) is 0 Å². The molecule has 1 aliphatic heterocycles. The maximum atomic E-state index is 12.0. The molecule has 8 heteroatoms. The van der Waals surface area contributed by atoms with Gasteiger partial charge in [-0.25, -0.2) is 0 Å². The number of amides is 2. The minimum absolute atomic E-state index is 0. The lowest BCUT2D eigenvalue weighted by Gasteiger charge is -2.26. The van der Waals surface area contributed by atoms with Crippen molar-refractivity contribution in [3.05, 3.63) is 0 Å². The van der Waals surface area contributed by atoms with E-state index in [1.807, 2.05) is 4.90 Å². The summed E-state index contributed by atoms with van der Waals surface area (Å²) in [5, 5.41) is 6.46. The highest BCUT2D eigenvalue weighted by Gasteiger charge is 2.17. The van der Waals surface area contributed by atoms with Gasteiger partial charge in [-0.1, -0.05) is 25.7 Å². The minimum atomic E-state index is 0. The van der Waals surface area contributed by atoms with Crippen LogP contribution in [0.25, 0.3) is 0 Å². The highest BCUT2D eigenvalue weighted by Crippen LogP contribution is 2.16. The van der Waals surface area contributed by atoms with Crippen LogP contribution in [0.1, 0.15) is 38.5 Å². The molecule has 0 aromatic carbocycles. The lowest BCUT2D eigenvalue weighted by molar-refractivity contribution is -0.132. The van der Waals surface area contributed by atoms with Gasteiger partial charge in [0.2, 0.25) is 11.8 Å². The van der Waals surface area contributed by atoms with Crippen molar-refractivity contribution in [2.24, 2.45) is 0 Å². The van der Waals surface area contributed by atoms with Crippen LogP contribution in [0, 0.1) is 0 Å². The molecule has 1 heterocycles. The number of morpholine rings is 1. The van der Waals surface area contributed by atoms with Gasteiger partial charge in [0.25, 0.3) is 0 Å². The van der Waals surface area contributed by atoms with Gasteiger partial charge in [-0.05, 0) is 12.8 Å². The fourth-order valence-electron chi connectivity index (χ4n) is 3.15. The maximum absolute atomic E-state index is 12.0. The molecule has 2 aliphatic rings. The van der Waals surface area contributed by atoms with Gasteiger partial charge in [-0.15, -0.1) is 24.2 Å². The first-order valence-corrected chi connectivity index (χ1v) is 10.3. The second-order valence-electron chi connectivity index (χ2n) is 6.48. The largest absolute Gasteiger partial charge is 0.378 e. The van der Waals surface area contributed by atoms with Gasteiger partial charge in [-0.2, -0.15) is 0 Å². The highest BCUT2D eigenvalue weighted by molar-refractivity contribution is 8.00. The van der Waals surface area contributed by atoms with Crippen LogP contribution >= 0.6 is 24.2 Å². The zero-order valence-corrected chi connectivity index (χ0v) is 16.6. The molecule has 2 rings (SSSR count). The van der Waals surface area contributed by atoms with E-state index in [0.717, 1.165) is 6.54 Å². The molecule has 0 radical (unpaired) electrons. The number of hydrogen-bond acceptors (Lipinski definition) is 5. The van der Waals surface area contributed by atoms with E-state index in [0.29, 0.717) is 50.4 Å². The number of nitrogens with one attached hydrogen (secondary N) is 2. The predicted molar refractivity (Wildman–Crippen MR) is 104 cm³/mol. The van der Waals surface area contributed by atoms with E-state index in [1.54, 1.807) is 0 Å². The molecular weight excluding hydrogens is 362 g/mol. The summed E-state index contributed by atoms with van der Waals surface area (Å²) in [4.78, 5) is 25.6. The first-order valence-electron chi connectivity index (χ1n) is 9.19. The van der Waals surface area contributed by atoms with Gasteiger partial charge >= 0.3 is 0 Å². The Morgan fingerprint density at radius 1 is 1.00 bits per heavy atom. The summed E-state index contributed by atoms with van der Waals surface area (Å²) in [6.07, 6.45) is 7.86. The zero-order valence-electron chi connectivity index (χ0n) is 15.0. The van der Waals surface area contributed by atoms with Gasteiger partial charge in [0, 0.05) is 32.2 Å². The van der Waals surface area contributed by atoms with E-state index in [-0.39, 0.29) is 24.2 Å². The number of rotatable bonds is 8. The Kier molecular flexibility index (Phi) is 12.3. The third kappa shape index (κ3) is 9.68. The molecular formula is C17H32ClN3O3S. The van der Waals surface area contributed by atoms with Crippen molar-refractivity contribution in [3.8, 4) is 0 Å². The number of thioether (sulfide) groups is 1. The molecule has 2 amide bonds. The van der Waals surface area contributed by atoms with Crippen LogP contribution < -0.4 is 10.6 Å². The fourth-order valence-corrected chi connectivity index (χ4v) is 3.89. The Balaban J connectivity index is 0.00000312. The maximum Gasteiger partial charge on any atom is 0.232 e. The minimum Gasteiger partial charge on any atom is -0.378 e. The van der Waals surface area contributed by atoms with E-state index < -0.39 is 0 Å². The topological polar surface area (TPSA) is 70.7 Å². The van der Waals surface area contributed by atoms with Crippen LogP contribution in [0.3, 0.4) is 0 Å². The second kappa shape index (κ2) is 13.7. The molecule has 2 fully saturated rings. The van der Waals surface area contributed by atoms with Crippen LogP contribution in [-0.4, -0.2) is 73.7 Å². The summed E-state index contributed by atoms with van der Waals surface area (Å²) in [6, 6.07) is 0.616. The molecule has 0 aromatic rings. The van der Waals surface area contributed by atoms with E-state index in [1.165, 1.54) is 50.3 Å². The third-order valence-electron chi connectivity index (χ3n) is 4.56. The lowest BCUT2D eigenvalue weighted by Crippen LogP contribution is -2.42. The van der Waals surface area contributed by atoms with Crippen molar-refractivity contribution >= 4 is 36.0 Å². The van der Waals surface area contributed by atoms with E-state index >= 15 is 0 Å². The van der Waals surface area contributed by atoms with Crippen molar-refractivity contribution < 1.29 is 14.3 Å². The smallest absolute Gasteiger partial charge is 0.232 e. The summed E-state index contributed by atoms with van der Waals surface area (Å²) in [6.45, 7) is 4.05. The average molecular weight is 394 g/mol. The molecule has 0 bridgehead atoms. The molecule has 146 valence electrons. The highest BCUT2D eigenvalue weighted by atomic mass is 35.5. The fraction of sp³-hybridized carbons (Fsp3) is 0.882. The van der Waals surface area contributed by atoms with E-state index in [2.05, 4.69) is 10.6 Å². The van der Waals surface area contributed by atoms with Crippen molar-refractivity contribution in [2.75, 3.05) is 50.9 Å². The number of nitrogens with zero attached hydrogens (tertiary/aromatic N) is 1. The van der Waals surface area contributed by atoms with Crippen LogP contribution in [0.5, 0.6) is 0 Å². The van der Waals surface area contributed by atoms with Crippen molar-refractivity contribution in [1.82, 2.24) is 15.5 Å². The van der Waals surface area contributed by atoms with E-state index in [9.17, 15) is 9.59 Å². The monoisotopic (exact) mass is 393 g/mol. The van der Waals surface area contributed by atoms with Gasteiger partial charge in [0.05, 0.1) is 24.7 Å². The van der Waals surface area contributed by atoms with Gasteiger partial charge in [0.1, 0.15) is 0 Å². The molecule has 6 nitrogen and oxygen atoms in total. The molecule has 0 aromatic heterocycles. The molecule has 0 spiro atoms. The standard InChI is InChI=1S/C17H31N3O3S.ClH/c21-16(13-24-14-17(22)20-9-11-23-12-10-20)19-8-7-18-15-5-3-1-2-4-6-15;/h15,18H,1-14H2,(H,19,21);1H. The van der Waals surface area contributed by atoms with Gasteiger partial charge < -0.3 is 20.3 Å². The van der Waals surface area contributed by atoms with Crippen LogP contribution in [0.15, 0.2) is 0 Å². The van der Waals surface area contributed by atoms with Crippen LogP contribution in [-0.2, 0) is 14.3 Å². The summed E-state index contributed by atoms with van der Waals surface area (Å²) in [7, 11) is 0. The number of halogens is 1. The quantitative estimate of drug-likeness (QED) is 0.482. The second-order valence-corrected chi connectivity index (χ2v) is 7.46. The van der Waals surface area contributed by atoms with Crippen molar-refractivity contribution in [1.29, 1.82) is 0 Å². The average Bonchev–Trinajstić information content (AvgIpc) is 2.88. The van der Waals surface area contributed by atoms with Crippen molar-refractivity contribution in [2.45, 2.75) is 44.6 Å². The first-order chi connectivity index (χ1) is 11.8. The van der Waals surface area contributed by atoms with E-state index in [4.69, 9.17) is 4.74 Å². The number of hydrogen-bond donors (Lipinski definition) is 2. The predicted octanol–water partition coefficient (Wildman–Crippen LogP) is 1.43. The number of carbonyl (C=O) groups excluding carboxylic acids is 2. The molecule has 0 unspecified atom stereocenters. The Morgan fingerprint density at radius 3 is 2.36 bits per heavy atom. The molecule has 2 N–H and O–H groups in total. The first kappa shape index (κ1) is 22.5. The zero-order chi connectivity index (χ0) is 17.0. The Bertz CT molecular complexity index is 387. The van der Waals surface area contributed by atoms with Crippen LogP contribution in [0.2, 0.25) is 0 Å². The Labute approximate surface area is 161 Å². The summed E-state index contributed by atoms with van der Waals surface area (Å²) in [5.74, 6) is 0.830. The SMILES string of the molecule is Cl.O=C(CSCC(=O)N1CCOCC1)NCCNC1CCCCCC1. The molecule has 25 heavy (non-hydrogen) atoms. The normalized spacial score (nSPS) is 19.0. The Morgan fingerprint density at radius 2 is 1.68 bits per heavy atom. The molecule has 1 saturated carbocycles. The van der Waals surface area contributed by atoms with Crippen LogP contribution in [0.4, 0.5) is 0 Å². The summed E-state index contributed by atoms with van der Waals surface area (Å²) < 4.78 is 5.23. The van der Waals surface area contributed by atoms with Gasteiger partial charge in [-0.3, -0.25) is 9.59 Å². The summed E-state index contributed by atoms with van der Waals surface area (Å²) >= 11 is 1.39. The lowest BCUT2D eigenvalue weighted by atomic mass is 10.1. The third-order valence-corrected chi connectivity index (χ3v) is 5.48. The molecule has 1 aliphatic carbocycles. The number of ether oxygens (including phenoxy) is 1. The molecule has 0 atom stereocenters. The summed E-state index contributed by atoms with van der Waals surface area (Å²) in [5.41, 5.74) is 0. The number of carbonyl (C=O) groups is 2. The Hall–Kier alpha value is -0.500. The van der Waals surface area contributed by atoms with Gasteiger partial charge in [0.15, 0.2) is 0 Å².